The molecule has 1 heterocycles. The van der Waals surface area contributed by atoms with Crippen LogP contribution in [-0.2, 0) is 4.79 Å². The van der Waals surface area contributed by atoms with Gasteiger partial charge in [-0.15, -0.1) is 11.6 Å². The normalized spacial score (nSPS) is 12.1. The molecule has 1 amide bonds. The molecule has 0 aliphatic heterocycles. The van der Waals surface area contributed by atoms with Crippen LogP contribution in [0.15, 0.2) is 35.5 Å². The molecular formula is C12H12ClN3OS2. The van der Waals surface area contributed by atoms with E-state index >= 15 is 0 Å². The molecule has 2 aromatic rings. The minimum Gasteiger partial charge on any atom is -0.299 e. The van der Waals surface area contributed by atoms with Gasteiger partial charge in [0.2, 0.25) is 16.2 Å². The zero-order valence-corrected chi connectivity index (χ0v) is 12.6. The van der Waals surface area contributed by atoms with E-state index in [1.165, 1.54) is 11.8 Å². The van der Waals surface area contributed by atoms with Crippen molar-refractivity contribution in [3.8, 4) is 0 Å². The highest BCUT2D eigenvalue weighted by atomic mass is 35.5. The van der Waals surface area contributed by atoms with E-state index in [1.807, 2.05) is 37.3 Å². The van der Waals surface area contributed by atoms with E-state index < -0.39 is 5.38 Å². The molecule has 0 saturated heterocycles. The van der Waals surface area contributed by atoms with Gasteiger partial charge in [0, 0.05) is 11.5 Å². The number of amides is 1. The molecule has 1 aromatic heterocycles. The van der Waals surface area contributed by atoms with Crippen molar-refractivity contribution >= 4 is 45.9 Å². The van der Waals surface area contributed by atoms with Gasteiger partial charge in [-0.25, -0.2) is 0 Å². The smallest absolute Gasteiger partial charge is 0.248 e. The summed E-state index contributed by atoms with van der Waals surface area (Å²) in [6.07, 6.45) is 0. The van der Waals surface area contributed by atoms with Gasteiger partial charge in [-0.05, 0) is 11.3 Å². The number of rotatable bonds is 5. The maximum atomic E-state index is 12.0. The predicted molar refractivity (Wildman–Crippen MR) is 80.0 cm³/mol. The summed E-state index contributed by atoms with van der Waals surface area (Å²) < 4.78 is 4.13. The number of aromatic nitrogens is 2. The summed E-state index contributed by atoms with van der Waals surface area (Å²) in [5.74, 6) is 0.601. The maximum Gasteiger partial charge on any atom is 0.248 e. The van der Waals surface area contributed by atoms with Crippen LogP contribution in [0.2, 0.25) is 0 Å². The van der Waals surface area contributed by atoms with Gasteiger partial charge in [0.05, 0.1) is 0 Å². The quantitative estimate of drug-likeness (QED) is 0.677. The summed E-state index contributed by atoms with van der Waals surface area (Å²) in [5.41, 5.74) is 0.759. The number of nitrogens with one attached hydrogen (secondary N) is 1. The molecule has 1 atom stereocenters. The maximum absolute atomic E-state index is 12.0. The van der Waals surface area contributed by atoms with Crippen LogP contribution in [0.1, 0.15) is 17.9 Å². The van der Waals surface area contributed by atoms with Gasteiger partial charge in [0.1, 0.15) is 5.38 Å². The molecule has 19 heavy (non-hydrogen) atoms. The lowest BCUT2D eigenvalue weighted by atomic mass is 10.1. The number of hydrogen-bond acceptors (Lipinski definition) is 5. The van der Waals surface area contributed by atoms with Gasteiger partial charge in [-0.1, -0.05) is 49.0 Å². The first-order chi connectivity index (χ1) is 9.20. The molecule has 0 aliphatic rings. The first kappa shape index (κ1) is 14.3. The summed E-state index contributed by atoms with van der Waals surface area (Å²) in [4.78, 5) is 16.2. The molecule has 0 bridgehead atoms. The minimum absolute atomic E-state index is 0.294. The van der Waals surface area contributed by atoms with Crippen LogP contribution in [0.25, 0.3) is 0 Å². The number of alkyl halides is 1. The lowest BCUT2D eigenvalue weighted by Crippen LogP contribution is -2.17. The number of halogens is 1. The summed E-state index contributed by atoms with van der Waals surface area (Å²) in [7, 11) is 0. The molecule has 1 N–H and O–H groups in total. The fourth-order valence-corrected chi connectivity index (χ4v) is 2.86. The number of thioether (sulfide) groups is 1. The molecule has 7 heteroatoms. The number of anilines is 1. The number of carbonyl (C=O) groups is 1. The van der Waals surface area contributed by atoms with Crippen molar-refractivity contribution < 1.29 is 4.79 Å². The van der Waals surface area contributed by atoms with Crippen LogP contribution in [-0.4, -0.2) is 21.0 Å². The molecule has 1 aromatic carbocycles. The lowest BCUT2D eigenvalue weighted by Gasteiger charge is -2.08. The fraction of sp³-hybridized carbons (Fsp3) is 0.250. The Hall–Kier alpha value is -1.11. The Balaban J connectivity index is 2.00. The first-order valence-electron chi connectivity index (χ1n) is 5.67. The van der Waals surface area contributed by atoms with Crippen LogP contribution in [0.5, 0.6) is 0 Å². The molecular weight excluding hydrogens is 302 g/mol. The van der Waals surface area contributed by atoms with E-state index in [-0.39, 0.29) is 5.91 Å². The standard InChI is InChI=1S/C12H12ClN3OS2/c1-2-18-12-15-11(19-16-12)14-10(17)9(13)8-6-4-3-5-7-8/h3-7,9H,2H2,1H3,(H,14,15,16,17)/t9-/m1/s1. The monoisotopic (exact) mass is 313 g/mol. The SMILES string of the molecule is CCSc1nsc(NC(=O)[C@H](Cl)c2ccccc2)n1. The predicted octanol–water partition coefficient (Wildman–Crippen LogP) is 3.57. The highest BCUT2D eigenvalue weighted by Crippen LogP contribution is 2.24. The molecule has 0 fully saturated rings. The van der Waals surface area contributed by atoms with E-state index in [9.17, 15) is 4.79 Å². The number of nitrogens with zero attached hydrogens (tertiary/aromatic N) is 2. The third kappa shape index (κ3) is 3.92. The van der Waals surface area contributed by atoms with Gasteiger partial charge in [0.25, 0.3) is 0 Å². The summed E-state index contributed by atoms with van der Waals surface area (Å²) in [6.45, 7) is 2.02. The summed E-state index contributed by atoms with van der Waals surface area (Å²) in [6, 6.07) is 9.20. The van der Waals surface area contributed by atoms with E-state index in [4.69, 9.17) is 11.6 Å². The third-order valence-electron chi connectivity index (χ3n) is 2.23. The molecule has 100 valence electrons. The Kier molecular flexibility index (Phi) is 5.18. The van der Waals surface area contributed by atoms with E-state index in [0.717, 1.165) is 22.8 Å². The largest absolute Gasteiger partial charge is 0.299 e. The Bertz CT molecular complexity index is 547. The Morgan fingerprint density at radius 2 is 2.21 bits per heavy atom. The first-order valence-corrected chi connectivity index (χ1v) is 7.86. The van der Waals surface area contributed by atoms with Gasteiger partial charge in [-0.2, -0.15) is 9.36 Å². The average Bonchev–Trinajstić information content (AvgIpc) is 2.86. The summed E-state index contributed by atoms with van der Waals surface area (Å²) in [5, 5.41) is 3.10. The highest BCUT2D eigenvalue weighted by Gasteiger charge is 2.18. The lowest BCUT2D eigenvalue weighted by molar-refractivity contribution is -0.116. The van der Waals surface area contributed by atoms with Crippen molar-refractivity contribution in [1.82, 2.24) is 9.36 Å². The zero-order valence-electron chi connectivity index (χ0n) is 10.2. The summed E-state index contributed by atoms with van der Waals surface area (Å²) >= 11 is 8.80. The van der Waals surface area contributed by atoms with Gasteiger partial charge in [-0.3, -0.25) is 10.1 Å². The fourth-order valence-electron chi connectivity index (χ4n) is 1.39. The van der Waals surface area contributed by atoms with Crippen molar-refractivity contribution in [3.63, 3.8) is 0 Å². The second-order valence-corrected chi connectivity index (χ2v) is 6.00. The third-order valence-corrected chi connectivity index (χ3v) is 4.16. The second-order valence-electron chi connectivity index (χ2n) is 3.58. The van der Waals surface area contributed by atoms with Crippen LogP contribution in [0.3, 0.4) is 0 Å². The molecule has 4 nitrogen and oxygen atoms in total. The zero-order chi connectivity index (χ0) is 13.7. The van der Waals surface area contributed by atoms with E-state index in [1.54, 1.807) is 0 Å². The Morgan fingerprint density at radius 3 is 2.89 bits per heavy atom. The van der Waals surface area contributed by atoms with Crippen molar-refractivity contribution in [3.05, 3.63) is 35.9 Å². The average molecular weight is 314 g/mol. The second kappa shape index (κ2) is 6.88. The number of carbonyl (C=O) groups excluding carboxylic acids is 1. The van der Waals surface area contributed by atoms with Crippen LogP contribution >= 0.6 is 34.9 Å². The Morgan fingerprint density at radius 1 is 1.47 bits per heavy atom. The van der Waals surface area contributed by atoms with Crippen LogP contribution < -0.4 is 5.32 Å². The molecule has 2 rings (SSSR count). The highest BCUT2D eigenvalue weighted by molar-refractivity contribution is 7.99. The van der Waals surface area contributed by atoms with Gasteiger partial charge < -0.3 is 0 Å². The minimum atomic E-state index is -0.729. The molecule has 0 radical (unpaired) electrons. The van der Waals surface area contributed by atoms with Gasteiger partial charge in [0.15, 0.2) is 0 Å². The van der Waals surface area contributed by atoms with Crippen molar-refractivity contribution in [2.24, 2.45) is 0 Å². The Labute approximate surface area is 124 Å². The van der Waals surface area contributed by atoms with Crippen molar-refractivity contribution in [1.29, 1.82) is 0 Å². The molecule has 0 saturated carbocycles. The molecule has 0 spiro atoms. The molecule has 0 unspecified atom stereocenters. The topological polar surface area (TPSA) is 54.9 Å². The van der Waals surface area contributed by atoms with Gasteiger partial charge >= 0.3 is 0 Å². The molecule has 0 aliphatic carbocycles. The van der Waals surface area contributed by atoms with Crippen LogP contribution in [0, 0.1) is 0 Å². The van der Waals surface area contributed by atoms with Crippen LogP contribution in [0.4, 0.5) is 5.13 Å². The van der Waals surface area contributed by atoms with E-state index in [0.29, 0.717) is 10.3 Å². The van der Waals surface area contributed by atoms with Crippen molar-refractivity contribution in [2.45, 2.75) is 17.5 Å². The van der Waals surface area contributed by atoms with Crippen molar-refractivity contribution in [2.75, 3.05) is 11.1 Å². The number of hydrogen-bond donors (Lipinski definition) is 1. The number of benzene rings is 1. The van der Waals surface area contributed by atoms with E-state index in [2.05, 4.69) is 14.7 Å².